The Morgan fingerprint density at radius 2 is 2.05 bits per heavy atom. The molecule has 0 saturated carbocycles. The predicted molar refractivity (Wildman–Crippen MR) is 74.4 cm³/mol. The van der Waals surface area contributed by atoms with E-state index in [9.17, 15) is 5.11 Å². The molecule has 0 spiro atoms. The molecule has 2 rings (SSSR count). The standard InChI is InChI=1S/C15H28O5/c1-10(7-16)6-15(4)14(2,3)13(17-5)12-11(20-15)8-18-9-19-12/h10-13,16H,6-9H2,1-5H3/t10-,11+,12-,13+,15+/m0/s1. The van der Waals surface area contributed by atoms with Crippen LogP contribution in [0.4, 0.5) is 0 Å². The van der Waals surface area contributed by atoms with Gasteiger partial charge < -0.3 is 24.1 Å². The summed E-state index contributed by atoms with van der Waals surface area (Å²) in [5.41, 5.74) is -0.606. The van der Waals surface area contributed by atoms with Crippen LogP contribution < -0.4 is 0 Å². The van der Waals surface area contributed by atoms with E-state index < -0.39 is 0 Å². The highest BCUT2D eigenvalue weighted by atomic mass is 16.7. The monoisotopic (exact) mass is 288 g/mol. The number of aliphatic hydroxyl groups is 1. The van der Waals surface area contributed by atoms with Crippen molar-refractivity contribution in [3.8, 4) is 0 Å². The average molecular weight is 288 g/mol. The van der Waals surface area contributed by atoms with E-state index >= 15 is 0 Å². The van der Waals surface area contributed by atoms with Gasteiger partial charge in [0.25, 0.3) is 0 Å². The van der Waals surface area contributed by atoms with Crippen molar-refractivity contribution in [3.05, 3.63) is 0 Å². The molecule has 0 amide bonds. The van der Waals surface area contributed by atoms with Crippen molar-refractivity contribution in [1.29, 1.82) is 0 Å². The minimum absolute atomic E-state index is 0.0546. The molecule has 0 radical (unpaired) electrons. The van der Waals surface area contributed by atoms with E-state index in [0.29, 0.717) is 13.4 Å². The van der Waals surface area contributed by atoms with Crippen LogP contribution in [0.2, 0.25) is 0 Å². The van der Waals surface area contributed by atoms with E-state index in [1.165, 1.54) is 0 Å². The van der Waals surface area contributed by atoms with E-state index in [1.807, 2.05) is 6.92 Å². The lowest BCUT2D eigenvalue weighted by Crippen LogP contribution is -2.68. The normalized spacial score (nSPS) is 42.0. The van der Waals surface area contributed by atoms with Crippen LogP contribution in [0.25, 0.3) is 0 Å². The maximum absolute atomic E-state index is 9.37. The van der Waals surface area contributed by atoms with Gasteiger partial charge in [0.05, 0.1) is 18.3 Å². The van der Waals surface area contributed by atoms with Crippen molar-refractivity contribution in [2.75, 3.05) is 27.1 Å². The lowest BCUT2D eigenvalue weighted by Gasteiger charge is -2.58. The molecular formula is C15H28O5. The first kappa shape index (κ1) is 16.2. The summed E-state index contributed by atoms with van der Waals surface area (Å²) in [4.78, 5) is 0. The Labute approximate surface area is 121 Å². The van der Waals surface area contributed by atoms with Gasteiger partial charge in [-0.25, -0.2) is 0 Å². The van der Waals surface area contributed by atoms with Gasteiger partial charge in [-0.1, -0.05) is 20.8 Å². The Kier molecular flexibility index (Phi) is 4.76. The molecule has 2 fully saturated rings. The molecule has 2 heterocycles. The minimum atomic E-state index is -0.388. The maximum Gasteiger partial charge on any atom is 0.147 e. The minimum Gasteiger partial charge on any atom is -0.396 e. The van der Waals surface area contributed by atoms with Gasteiger partial charge in [0.2, 0.25) is 0 Å². The Morgan fingerprint density at radius 3 is 2.65 bits per heavy atom. The highest BCUT2D eigenvalue weighted by Crippen LogP contribution is 2.49. The summed E-state index contributed by atoms with van der Waals surface area (Å²) in [6.07, 6.45) is 0.513. The van der Waals surface area contributed by atoms with Gasteiger partial charge >= 0.3 is 0 Å². The molecule has 2 saturated heterocycles. The highest BCUT2D eigenvalue weighted by Gasteiger charge is 2.58. The second-order valence-electron chi connectivity index (χ2n) is 6.88. The zero-order valence-corrected chi connectivity index (χ0v) is 13.2. The molecule has 2 aliphatic rings. The van der Waals surface area contributed by atoms with Crippen molar-refractivity contribution in [2.24, 2.45) is 11.3 Å². The molecule has 0 bridgehead atoms. The van der Waals surface area contributed by atoms with Crippen LogP contribution in [0.15, 0.2) is 0 Å². The lowest BCUT2D eigenvalue weighted by molar-refractivity contribution is -0.335. The molecule has 5 atom stereocenters. The summed E-state index contributed by atoms with van der Waals surface area (Å²) in [7, 11) is 1.73. The van der Waals surface area contributed by atoms with E-state index in [2.05, 4.69) is 20.8 Å². The third kappa shape index (κ3) is 2.62. The van der Waals surface area contributed by atoms with E-state index in [0.717, 1.165) is 6.42 Å². The molecule has 5 nitrogen and oxygen atoms in total. The van der Waals surface area contributed by atoms with Crippen LogP contribution in [0, 0.1) is 11.3 Å². The van der Waals surface area contributed by atoms with Crippen LogP contribution in [0.5, 0.6) is 0 Å². The van der Waals surface area contributed by atoms with Gasteiger partial charge in [-0.15, -0.1) is 0 Å². The largest absolute Gasteiger partial charge is 0.396 e. The van der Waals surface area contributed by atoms with Crippen LogP contribution in [0.3, 0.4) is 0 Å². The molecule has 0 aromatic heterocycles. The zero-order chi connectivity index (χ0) is 15.0. The molecule has 20 heavy (non-hydrogen) atoms. The third-order valence-electron chi connectivity index (χ3n) is 5.08. The van der Waals surface area contributed by atoms with Gasteiger partial charge in [-0.05, 0) is 19.3 Å². The quantitative estimate of drug-likeness (QED) is 0.851. The zero-order valence-electron chi connectivity index (χ0n) is 13.2. The third-order valence-corrected chi connectivity index (χ3v) is 5.08. The van der Waals surface area contributed by atoms with Gasteiger partial charge in [-0.3, -0.25) is 0 Å². The first-order chi connectivity index (χ1) is 9.35. The second kappa shape index (κ2) is 5.89. The van der Waals surface area contributed by atoms with Gasteiger partial charge in [0.1, 0.15) is 19.0 Å². The molecule has 5 heteroatoms. The summed E-state index contributed by atoms with van der Waals surface area (Å²) in [5, 5.41) is 9.37. The molecule has 2 aliphatic heterocycles. The van der Waals surface area contributed by atoms with Crippen molar-refractivity contribution in [1.82, 2.24) is 0 Å². The van der Waals surface area contributed by atoms with Crippen molar-refractivity contribution >= 4 is 0 Å². The van der Waals surface area contributed by atoms with Gasteiger partial charge in [-0.2, -0.15) is 0 Å². The summed E-state index contributed by atoms with van der Waals surface area (Å²) < 4.78 is 23.2. The summed E-state index contributed by atoms with van der Waals surface area (Å²) in [6.45, 7) is 9.44. The van der Waals surface area contributed by atoms with E-state index in [4.69, 9.17) is 18.9 Å². The second-order valence-corrected chi connectivity index (χ2v) is 6.88. The Hall–Kier alpha value is -0.200. The van der Waals surface area contributed by atoms with Crippen molar-refractivity contribution < 1.29 is 24.1 Å². The number of rotatable bonds is 4. The van der Waals surface area contributed by atoms with Crippen LogP contribution >= 0.6 is 0 Å². The molecule has 0 aromatic rings. The molecule has 0 aliphatic carbocycles. The summed E-state index contributed by atoms with van der Waals surface area (Å²) in [5.74, 6) is 0.179. The Balaban J connectivity index is 2.27. The van der Waals surface area contributed by atoms with Crippen LogP contribution in [-0.4, -0.2) is 56.1 Å². The lowest BCUT2D eigenvalue weighted by atomic mass is 9.64. The predicted octanol–water partition coefficient (Wildman–Crippen LogP) is 1.58. The molecule has 118 valence electrons. The number of ether oxygens (including phenoxy) is 4. The first-order valence-electron chi connectivity index (χ1n) is 7.36. The molecular weight excluding hydrogens is 260 g/mol. The van der Waals surface area contributed by atoms with Crippen LogP contribution in [-0.2, 0) is 18.9 Å². The fourth-order valence-corrected chi connectivity index (χ4v) is 3.54. The highest BCUT2D eigenvalue weighted by molar-refractivity contribution is 5.06. The fourth-order valence-electron chi connectivity index (χ4n) is 3.54. The SMILES string of the molecule is CO[C@@H]1[C@H]2OCOC[C@H]2O[C@](C)(C[C@H](C)CO)C1(C)C. The van der Waals surface area contributed by atoms with Gasteiger partial charge in [0, 0.05) is 19.1 Å². The van der Waals surface area contributed by atoms with Crippen LogP contribution in [0.1, 0.15) is 34.1 Å². The summed E-state index contributed by atoms with van der Waals surface area (Å²) >= 11 is 0. The van der Waals surface area contributed by atoms with E-state index in [1.54, 1.807) is 7.11 Å². The number of aliphatic hydroxyl groups excluding tert-OH is 1. The number of methoxy groups -OCH3 is 1. The Bertz CT molecular complexity index is 332. The fraction of sp³-hybridized carbons (Fsp3) is 1.00. The average Bonchev–Trinajstić information content (AvgIpc) is 2.39. The number of hydrogen-bond acceptors (Lipinski definition) is 5. The molecule has 0 unspecified atom stereocenters. The van der Waals surface area contributed by atoms with E-state index in [-0.39, 0.29) is 41.9 Å². The van der Waals surface area contributed by atoms with Crippen molar-refractivity contribution in [2.45, 2.75) is 58.0 Å². The van der Waals surface area contributed by atoms with Crippen molar-refractivity contribution in [3.63, 3.8) is 0 Å². The first-order valence-corrected chi connectivity index (χ1v) is 7.36. The Morgan fingerprint density at radius 1 is 1.35 bits per heavy atom. The number of hydrogen-bond donors (Lipinski definition) is 1. The number of fused-ring (bicyclic) bond motifs is 1. The maximum atomic E-state index is 9.37. The summed E-state index contributed by atoms with van der Waals surface area (Å²) in [6, 6.07) is 0. The van der Waals surface area contributed by atoms with Gasteiger partial charge in [0.15, 0.2) is 0 Å². The topological polar surface area (TPSA) is 57.2 Å². The smallest absolute Gasteiger partial charge is 0.147 e. The molecule has 0 aromatic carbocycles. The molecule has 1 N–H and O–H groups in total.